The highest BCUT2D eigenvalue weighted by Gasteiger charge is 2.39. The lowest BCUT2D eigenvalue weighted by Gasteiger charge is -2.46. The Morgan fingerprint density at radius 1 is 1.14 bits per heavy atom. The Labute approximate surface area is 136 Å². The number of halogens is 1. The number of fused-ring (bicyclic) bond motifs is 1. The Morgan fingerprint density at radius 2 is 1.77 bits per heavy atom. The molecule has 0 bridgehead atoms. The first-order valence-corrected chi connectivity index (χ1v) is 7.97. The summed E-state index contributed by atoms with van der Waals surface area (Å²) in [4.78, 5) is 15.0. The Hall–Kier alpha value is -1.80. The molecule has 0 saturated heterocycles. The molecule has 2 aromatic carbocycles. The second kappa shape index (κ2) is 5.44. The topological polar surface area (TPSA) is 20.3 Å². The summed E-state index contributed by atoms with van der Waals surface area (Å²) >= 11 is 5.93. The first kappa shape index (κ1) is 15.1. The van der Waals surface area contributed by atoms with Crippen molar-refractivity contribution in [3.63, 3.8) is 0 Å². The van der Waals surface area contributed by atoms with E-state index in [1.807, 2.05) is 23.1 Å². The number of hydrogen-bond acceptors (Lipinski definition) is 1. The molecule has 0 unspecified atom stereocenters. The number of amides is 1. The quantitative estimate of drug-likeness (QED) is 0.702. The van der Waals surface area contributed by atoms with E-state index in [9.17, 15) is 4.79 Å². The zero-order valence-electron chi connectivity index (χ0n) is 13.1. The molecule has 3 heteroatoms. The van der Waals surface area contributed by atoms with Gasteiger partial charge in [-0.1, -0.05) is 36.7 Å². The first-order chi connectivity index (χ1) is 10.4. The van der Waals surface area contributed by atoms with Crippen LogP contribution in [0.1, 0.15) is 49.0 Å². The third-order valence-corrected chi connectivity index (χ3v) is 4.67. The van der Waals surface area contributed by atoms with Crippen molar-refractivity contribution >= 4 is 23.2 Å². The fraction of sp³-hybridized carbons (Fsp3) is 0.316. The van der Waals surface area contributed by atoms with Gasteiger partial charge in [0.05, 0.1) is 0 Å². The molecule has 0 aliphatic carbocycles. The lowest BCUT2D eigenvalue weighted by atomic mass is 9.80. The van der Waals surface area contributed by atoms with Crippen LogP contribution in [0.4, 0.5) is 5.69 Å². The van der Waals surface area contributed by atoms with Crippen LogP contribution < -0.4 is 4.90 Å². The zero-order valence-corrected chi connectivity index (χ0v) is 13.9. The maximum Gasteiger partial charge on any atom is 0.258 e. The molecule has 114 valence electrons. The van der Waals surface area contributed by atoms with Gasteiger partial charge in [-0.15, -0.1) is 0 Å². The van der Waals surface area contributed by atoms with Crippen LogP contribution in [0, 0.1) is 0 Å². The van der Waals surface area contributed by atoms with Gasteiger partial charge in [0.2, 0.25) is 0 Å². The number of rotatable bonds is 1. The minimum absolute atomic E-state index is 0.0287. The molecule has 0 aromatic heterocycles. The van der Waals surface area contributed by atoms with Crippen molar-refractivity contribution in [3.05, 3.63) is 64.7 Å². The molecule has 1 amide bonds. The largest absolute Gasteiger partial charge is 0.303 e. The molecule has 22 heavy (non-hydrogen) atoms. The van der Waals surface area contributed by atoms with E-state index in [4.69, 9.17) is 11.6 Å². The highest BCUT2D eigenvalue weighted by molar-refractivity contribution is 6.30. The second-order valence-electron chi connectivity index (χ2n) is 6.62. The number of anilines is 1. The van der Waals surface area contributed by atoms with Crippen LogP contribution in [0.15, 0.2) is 48.5 Å². The van der Waals surface area contributed by atoms with Crippen molar-refractivity contribution in [1.82, 2.24) is 0 Å². The van der Waals surface area contributed by atoms with Crippen molar-refractivity contribution in [1.29, 1.82) is 0 Å². The van der Waals surface area contributed by atoms with E-state index >= 15 is 0 Å². The monoisotopic (exact) mass is 313 g/mol. The molecule has 1 aliphatic heterocycles. The van der Waals surface area contributed by atoms with E-state index in [-0.39, 0.29) is 11.4 Å². The van der Waals surface area contributed by atoms with Crippen LogP contribution in [-0.2, 0) is 0 Å². The maximum absolute atomic E-state index is 13.1. The summed E-state index contributed by atoms with van der Waals surface area (Å²) < 4.78 is 0. The van der Waals surface area contributed by atoms with E-state index < -0.39 is 0 Å². The standard InChI is InChI=1S/C19H20ClNO/c1-13-12-19(2,3)21(17-7-5-4-6-16(13)17)18(22)14-8-10-15(20)11-9-14/h4-11,13H,12H2,1-3H3/t13-/m1/s1. The molecule has 0 fully saturated rings. The SMILES string of the molecule is C[C@@H]1CC(C)(C)N(C(=O)c2ccc(Cl)cc2)c2ccccc21. The van der Waals surface area contributed by atoms with Crippen LogP contribution >= 0.6 is 11.6 Å². The van der Waals surface area contributed by atoms with Crippen LogP contribution in [-0.4, -0.2) is 11.4 Å². The summed E-state index contributed by atoms with van der Waals surface area (Å²) in [5.41, 5.74) is 2.71. The number of carbonyl (C=O) groups is 1. The molecule has 0 spiro atoms. The maximum atomic E-state index is 13.1. The lowest BCUT2D eigenvalue weighted by molar-refractivity contribution is 0.0954. The number of carbonyl (C=O) groups excluding carboxylic acids is 1. The highest BCUT2D eigenvalue weighted by Crippen LogP contribution is 2.43. The summed E-state index contributed by atoms with van der Waals surface area (Å²) in [7, 11) is 0. The van der Waals surface area contributed by atoms with E-state index in [1.165, 1.54) is 5.56 Å². The lowest BCUT2D eigenvalue weighted by Crippen LogP contribution is -2.51. The van der Waals surface area contributed by atoms with Gasteiger partial charge in [0.1, 0.15) is 0 Å². The highest BCUT2D eigenvalue weighted by atomic mass is 35.5. The van der Waals surface area contributed by atoms with Gasteiger partial charge in [-0.3, -0.25) is 4.79 Å². The number of nitrogens with zero attached hydrogens (tertiary/aromatic N) is 1. The van der Waals surface area contributed by atoms with Crippen molar-refractivity contribution in [2.24, 2.45) is 0 Å². The van der Waals surface area contributed by atoms with E-state index in [2.05, 4.69) is 26.8 Å². The number of para-hydroxylation sites is 1. The number of hydrogen-bond donors (Lipinski definition) is 0. The van der Waals surface area contributed by atoms with Crippen molar-refractivity contribution in [3.8, 4) is 0 Å². The molecular formula is C19H20ClNO. The fourth-order valence-electron chi connectivity index (χ4n) is 3.49. The average Bonchev–Trinajstić information content (AvgIpc) is 2.47. The Kier molecular flexibility index (Phi) is 3.73. The molecule has 2 aromatic rings. The van der Waals surface area contributed by atoms with Crippen molar-refractivity contribution < 1.29 is 4.79 Å². The minimum Gasteiger partial charge on any atom is -0.303 e. The van der Waals surface area contributed by atoms with Crippen molar-refractivity contribution in [2.75, 3.05) is 4.90 Å². The third-order valence-electron chi connectivity index (χ3n) is 4.41. The van der Waals surface area contributed by atoms with Crippen LogP contribution in [0.25, 0.3) is 0 Å². The molecular weight excluding hydrogens is 294 g/mol. The fourth-order valence-corrected chi connectivity index (χ4v) is 3.62. The van der Waals surface area contributed by atoms with Crippen LogP contribution in [0.5, 0.6) is 0 Å². The number of benzene rings is 2. The van der Waals surface area contributed by atoms with Gasteiger partial charge in [0.25, 0.3) is 5.91 Å². The predicted octanol–water partition coefficient (Wildman–Crippen LogP) is 5.27. The van der Waals surface area contributed by atoms with Crippen LogP contribution in [0.3, 0.4) is 0 Å². The summed E-state index contributed by atoms with van der Waals surface area (Å²) in [5, 5.41) is 0.642. The second-order valence-corrected chi connectivity index (χ2v) is 7.06. The predicted molar refractivity (Wildman–Crippen MR) is 91.8 cm³/mol. The van der Waals surface area contributed by atoms with Gasteiger partial charge in [-0.25, -0.2) is 0 Å². The Bertz CT molecular complexity index is 706. The summed E-state index contributed by atoms with van der Waals surface area (Å²) in [6.45, 7) is 6.49. The van der Waals surface area contributed by atoms with Gasteiger partial charge < -0.3 is 4.90 Å². The summed E-state index contributed by atoms with van der Waals surface area (Å²) in [6.07, 6.45) is 0.948. The van der Waals surface area contributed by atoms with E-state index in [1.54, 1.807) is 24.3 Å². The van der Waals surface area contributed by atoms with Gasteiger partial charge in [0.15, 0.2) is 0 Å². The van der Waals surface area contributed by atoms with E-state index in [0.717, 1.165) is 12.1 Å². The molecule has 0 N–H and O–H groups in total. The third kappa shape index (κ3) is 2.52. The molecule has 1 aliphatic rings. The summed E-state index contributed by atoms with van der Waals surface area (Å²) in [5.74, 6) is 0.474. The molecule has 3 rings (SSSR count). The molecule has 1 atom stereocenters. The minimum atomic E-state index is -0.218. The summed E-state index contributed by atoms with van der Waals surface area (Å²) in [6, 6.07) is 15.3. The smallest absolute Gasteiger partial charge is 0.258 e. The van der Waals surface area contributed by atoms with Gasteiger partial charge in [-0.05, 0) is 62.1 Å². The zero-order chi connectivity index (χ0) is 15.9. The molecule has 0 radical (unpaired) electrons. The molecule has 1 heterocycles. The first-order valence-electron chi connectivity index (χ1n) is 7.59. The van der Waals surface area contributed by atoms with Crippen molar-refractivity contribution in [2.45, 2.75) is 38.6 Å². The Balaban J connectivity index is 2.09. The van der Waals surface area contributed by atoms with Gasteiger partial charge in [0, 0.05) is 21.8 Å². The normalized spacial score (nSPS) is 19.6. The molecule has 2 nitrogen and oxygen atoms in total. The Morgan fingerprint density at radius 3 is 2.45 bits per heavy atom. The van der Waals surface area contributed by atoms with Gasteiger partial charge in [-0.2, -0.15) is 0 Å². The molecule has 0 saturated carbocycles. The van der Waals surface area contributed by atoms with E-state index in [0.29, 0.717) is 16.5 Å². The average molecular weight is 314 g/mol. The van der Waals surface area contributed by atoms with Gasteiger partial charge >= 0.3 is 0 Å². The van der Waals surface area contributed by atoms with Crippen LogP contribution in [0.2, 0.25) is 5.02 Å².